The molecule has 49 heavy (non-hydrogen) atoms. The number of likely N-dealkylation sites (N-methyl/N-ethyl adjacent to an activating group) is 2. The topological polar surface area (TPSA) is 105 Å². The van der Waals surface area contributed by atoms with Gasteiger partial charge < -0.3 is 19.8 Å². The van der Waals surface area contributed by atoms with Gasteiger partial charge in [-0.25, -0.2) is 0 Å². The highest BCUT2D eigenvalue weighted by molar-refractivity contribution is 9.10. The lowest BCUT2D eigenvalue weighted by Crippen LogP contribution is -2.45. The summed E-state index contributed by atoms with van der Waals surface area (Å²) in [6, 6.07) is 18.7. The summed E-state index contributed by atoms with van der Waals surface area (Å²) in [7, 11) is 3.96. The number of carbonyl (C=O) groups excluding carboxylic acids is 4. The fraction of sp³-hybridized carbons (Fsp3) is 0.368. The van der Waals surface area contributed by atoms with Gasteiger partial charge in [0.2, 0.25) is 0 Å². The van der Waals surface area contributed by atoms with E-state index in [0.29, 0.717) is 59.2 Å². The maximum atomic E-state index is 13.8. The maximum absolute atomic E-state index is 13.8. The Kier molecular flexibility index (Phi) is 9.27. The van der Waals surface area contributed by atoms with E-state index in [1.807, 2.05) is 56.6 Å². The van der Waals surface area contributed by atoms with Crippen LogP contribution >= 0.6 is 15.9 Å². The monoisotopic (exact) mass is 725 g/mol. The number of benzene rings is 4. The number of hydrogen-bond donors (Lipinski definition) is 1. The molecule has 254 valence electrons. The number of nitrogens with zero attached hydrogens (tertiary/aromatic N) is 5. The van der Waals surface area contributed by atoms with Gasteiger partial charge in [-0.1, -0.05) is 40.2 Å². The van der Waals surface area contributed by atoms with Gasteiger partial charge in [0.15, 0.2) is 0 Å². The molecule has 4 aromatic carbocycles. The van der Waals surface area contributed by atoms with Crippen molar-refractivity contribution in [3.05, 3.63) is 87.4 Å². The molecule has 0 bridgehead atoms. The van der Waals surface area contributed by atoms with Crippen molar-refractivity contribution in [3.63, 3.8) is 0 Å². The molecule has 1 atom stereocenters. The first-order chi connectivity index (χ1) is 23.6. The quantitative estimate of drug-likeness (QED) is 0.219. The number of rotatable bonds is 11. The van der Waals surface area contributed by atoms with E-state index in [1.165, 1.54) is 9.80 Å². The number of β-amino-alcohol motifs (C(OH)–C–C–N with tert-alkyl or cyclic N) is 1. The second-order valence-corrected chi connectivity index (χ2v) is 14.4. The second-order valence-electron chi connectivity index (χ2n) is 13.5. The Labute approximate surface area is 294 Å². The minimum Gasteiger partial charge on any atom is -0.391 e. The largest absolute Gasteiger partial charge is 0.391 e. The average Bonchev–Trinajstić information content (AvgIpc) is 3.08. The summed E-state index contributed by atoms with van der Waals surface area (Å²) in [6.45, 7) is 4.48. The minimum atomic E-state index is -0.392. The van der Waals surface area contributed by atoms with Crippen LogP contribution in [0.3, 0.4) is 0 Å². The standard InChI is InChI=1S/C38H40BrN5O5/c1-40(15-17-43-35(46)29-10-3-7-24-19-26(39)21-31(33(24)29)37(43)48)12-6-13-41(2)16-18-44-36(47)30-11-4-8-25-20-27(22-32(34(25)30)38(44)49)42-14-5-9-28(45)23-42/h3-4,7-8,10-11,19-22,28,45H,5-6,9,12-18,23H2,1-2H3. The van der Waals surface area contributed by atoms with Crippen LogP contribution < -0.4 is 4.90 Å². The fourth-order valence-electron chi connectivity index (χ4n) is 7.42. The Bertz CT molecular complexity index is 2000. The number of imide groups is 2. The zero-order chi connectivity index (χ0) is 34.4. The van der Waals surface area contributed by atoms with Crippen molar-refractivity contribution in [2.75, 3.05) is 71.4 Å². The molecule has 0 aromatic heterocycles. The molecular weight excluding hydrogens is 686 g/mol. The van der Waals surface area contributed by atoms with Crippen LogP contribution in [0.1, 0.15) is 60.7 Å². The van der Waals surface area contributed by atoms with Crippen LogP contribution in [0.15, 0.2) is 65.1 Å². The third-order valence-electron chi connectivity index (χ3n) is 10.1. The van der Waals surface area contributed by atoms with Crippen molar-refractivity contribution < 1.29 is 24.3 Å². The van der Waals surface area contributed by atoms with Crippen LogP contribution in [0, 0.1) is 0 Å². The van der Waals surface area contributed by atoms with Gasteiger partial charge in [-0.15, -0.1) is 0 Å². The SMILES string of the molecule is CN(CCCN(C)CCN1C(=O)c2cccc3cc(N4CCCC(O)C4)cc(c23)C1=O)CCN1C(=O)c2cccc3cc(Br)cc(c23)C1=O. The summed E-state index contributed by atoms with van der Waals surface area (Å²) in [4.78, 5) is 63.0. The van der Waals surface area contributed by atoms with E-state index in [1.54, 1.807) is 18.2 Å². The molecule has 4 aromatic rings. The molecule has 1 N–H and O–H groups in total. The molecular formula is C38H40BrN5O5. The highest BCUT2D eigenvalue weighted by Gasteiger charge is 2.35. The van der Waals surface area contributed by atoms with Crippen molar-refractivity contribution in [2.24, 2.45) is 0 Å². The number of anilines is 1. The van der Waals surface area contributed by atoms with E-state index >= 15 is 0 Å². The molecule has 0 aliphatic carbocycles. The fourth-order valence-corrected chi connectivity index (χ4v) is 7.89. The van der Waals surface area contributed by atoms with Crippen molar-refractivity contribution in [1.29, 1.82) is 0 Å². The third-order valence-corrected chi connectivity index (χ3v) is 10.5. The molecule has 1 fully saturated rings. The van der Waals surface area contributed by atoms with E-state index < -0.39 is 6.10 Å². The molecule has 0 radical (unpaired) electrons. The summed E-state index contributed by atoms with van der Waals surface area (Å²) in [5.74, 6) is -1.09. The van der Waals surface area contributed by atoms with Crippen molar-refractivity contribution >= 4 is 66.8 Å². The van der Waals surface area contributed by atoms with E-state index in [0.717, 1.165) is 59.8 Å². The molecule has 1 saturated heterocycles. The molecule has 11 heteroatoms. The molecule has 3 heterocycles. The number of amides is 4. The molecule has 1 unspecified atom stereocenters. The first kappa shape index (κ1) is 33.3. The Balaban J connectivity index is 0.927. The lowest BCUT2D eigenvalue weighted by molar-refractivity contribution is 0.0585. The van der Waals surface area contributed by atoms with Gasteiger partial charge in [0, 0.05) is 76.9 Å². The molecule has 3 aliphatic rings. The van der Waals surface area contributed by atoms with Crippen molar-refractivity contribution in [2.45, 2.75) is 25.4 Å². The van der Waals surface area contributed by atoms with Gasteiger partial charge in [-0.2, -0.15) is 0 Å². The zero-order valence-electron chi connectivity index (χ0n) is 27.8. The van der Waals surface area contributed by atoms with Crippen LogP contribution in [-0.2, 0) is 0 Å². The average molecular weight is 727 g/mol. The minimum absolute atomic E-state index is 0.263. The molecule has 7 rings (SSSR count). The number of aliphatic hydroxyl groups is 1. The highest BCUT2D eigenvalue weighted by Crippen LogP contribution is 2.35. The third kappa shape index (κ3) is 6.36. The van der Waals surface area contributed by atoms with Crippen LogP contribution in [0.4, 0.5) is 5.69 Å². The Morgan fingerprint density at radius 2 is 1.24 bits per heavy atom. The smallest absolute Gasteiger partial charge is 0.261 e. The summed E-state index contributed by atoms with van der Waals surface area (Å²) < 4.78 is 0.802. The summed E-state index contributed by atoms with van der Waals surface area (Å²) in [5, 5.41) is 13.4. The van der Waals surface area contributed by atoms with Gasteiger partial charge in [0.25, 0.3) is 23.6 Å². The van der Waals surface area contributed by atoms with Gasteiger partial charge in [-0.05, 0) is 93.6 Å². The van der Waals surface area contributed by atoms with Crippen molar-refractivity contribution in [1.82, 2.24) is 19.6 Å². The Hall–Kier alpha value is -4.16. The van der Waals surface area contributed by atoms with Gasteiger partial charge in [-0.3, -0.25) is 29.0 Å². The van der Waals surface area contributed by atoms with E-state index in [4.69, 9.17) is 0 Å². The summed E-state index contributed by atoms with van der Waals surface area (Å²) >= 11 is 3.49. The van der Waals surface area contributed by atoms with Crippen LogP contribution in [0.2, 0.25) is 0 Å². The highest BCUT2D eigenvalue weighted by atomic mass is 79.9. The maximum Gasteiger partial charge on any atom is 0.261 e. The van der Waals surface area contributed by atoms with E-state index in [9.17, 15) is 24.3 Å². The number of hydrogen-bond acceptors (Lipinski definition) is 8. The zero-order valence-corrected chi connectivity index (χ0v) is 29.4. The van der Waals surface area contributed by atoms with Gasteiger partial charge in [0.1, 0.15) is 0 Å². The summed E-state index contributed by atoms with van der Waals surface area (Å²) in [6.07, 6.45) is 2.10. The predicted molar refractivity (Wildman–Crippen MR) is 193 cm³/mol. The van der Waals surface area contributed by atoms with E-state index in [-0.39, 0.29) is 30.2 Å². The number of piperidine rings is 1. The lowest BCUT2D eigenvalue weighted by Gasteiger charge is -2.34. The van der Waals surface area contributed by atoms with Gasteiger partial charge in [0.05, 0.1) is 11.7 Å². The van der Waals surface area contributed by atoms with Gasteiger partial charge >= 0.3 is 0 Å². The first-order valence-electron chi connectivity index (χ1n) is 16.9. The normalized spacial score (nSPS) is 17.8. The lowest BCUT2D eigenvalue weighted by atomic mass is 9.92. The van der Waals surface area contributed by atoms with E-state index in [2.05, 4.69) is 30.6 Å². The predicted octanol–water partition coefficient (Wildman–Crippen LogP) is 4.86. The molecule has 0 spiro atoms. The summed E-state index contributed by atoms with van der Waals surface area (Å²) in [5.41, 5.74) is 3.06. The number of carbonyl (C=O) groups is 4. The Morgan fingerprint density at radius 1 is 0.714 bits per heavy atom. The molecule has 4 amide bonds. The molecule has 0 saturated carbocycles. The first-order valence-corrected chi connectivity index (χ1v) is 17.7. The second kappa shape index (κ2) is 13.6. The van der Waals surface area contributed by atoms with Crippen molar-refractivity contribution in [3.8, 4) is 0 Å². The molecule has 3 aliphatic heterocycles. The number of aliphatic hydroxyl groups excluding tert-OH is 1. The number of halogens is 1. The van der Waals surface area contributed by atoms with Crippen LogP contribution in [0.25, 0.3) is 21.5 Å². The Morgan fingerprint density at radius 3 is 1.82 bits per heavy atom. The molecule has 10 nitrogen and oxygen atoms in total. The van der Waals surface area contributed by atoms with Crippen LogP contribution in [-0.4, -0.2) is 121 Å². The van der Waals surface area contributed by atoms with Crippen LogP contribution in [0.5, 0.6) is 0 Å².